The van der Waals surface area contributed by atoms with Gasteiger partial charge in [-0.25, -0.2) is 9.07 Å². The van der Waals surface area contributed by atoms with Gasteiger partial charge in [0.05, 0.1) is 12.7 Å². The van der Waals surface area contributed by atoms with Crippen molar-refractivity contribution in [3.05, 3.63) is 47.5 Å². The highest BCUT2D eigenvalue weighted by molar-refractivity contribution is 5.92. The van der Waals surface area contributed by atoms with Crippen LogP contribution in [0.3, 0.4) is 0 Å². The second-order valence-electron chi connectivity index (χ2n) is 5.81. The molecule has 0 aliphatic carbocycles. The van der Waals surface area contributed by atoms with Gasteiger partial charge in [0.1, 0.15) is 5.82 Å². The predicted molar refractivity (Wildman–Crippen MR) is 83.5 cm³/mol. The van der Waals surface area contributed by atoms with Crippen LogP contribution in [0.25, 0.3) is 0 Å². The number of halogens is 1. The first-order valence-corrected chi connectivity index (χ1v) is 7.77. The van der Waals surface area contributed by atoms with Gasteiger partial charge in [-0.15, -0.1) is 5.10 Å². The van der Waals surface area contributed by atoms with Crippen molar-refractivity contribution in [2.24, 2.45) is 0 Å². The van der Waals surface area contributed by atoms with Crippen molar-refractivity contribution in [1.82, 2.24) is 25.2 Å². The molecule has 7 heteroatoms. The molecule has 1 N–H and O–H groups in total. The highest BCUT2D eigenvalue weighted by Crippen LogP contribution is 2.13. The Bertz CT molecular complexity index is 687. The van der Waals surface area contributed by atoms with Crippen LogP contribution in [-0.4, -0.2) is 52.0 Å². The van der Waals surface area contributed by atoms with E-state index in [1.54, 1.807) is 21.8 Å². The number of nitrogens with zero attached hydrogens (tertiary/aromatic N) is 4. The van der Waals surface area contributed by atoms with Crippen LogP contribution in [0.15, 0.2) is 30.5 Å². The summed E-state index contributed by atoms with van der Waals surface area (Å²) in [6, 6.07) is 6.64. The molecule has 1 atom stereocenters. The molecule has 1 aliphatic rings. The Balaban J connectivity index is 1.67. The van der Waals surface area contributed by atoms with Crippen molar-refractivity contribution >= 4 is 5.91 Å². The molecule has 2 heterocycles. The fraction of sp³-hybridized carbons (Fsp3) is 0.438. The minimum Gasteiger partial charge on any atom is -0.336 e. The van der Waals surface area contributed by atoms with Crippen molar-refractivity contribution in [2.45, 2.75) is 25.4 Å². The third-order valence-corrected chi connectivity index (χ3v) is 4.11. The lowest BCUT2D eigenvalue weighted by Crippen LogP contribution is -2.47. The Morgan fingerprint density at radius 1 is 1.48 bits per heavy atom. The van der Waals surface area contributed by atoms with Gasteiger partial charge in [0, 0.05) is 19.1 Å². The van der Waals surface area contributed by atoms with Gasteiger partial charge in [-0.1, -0.05) is 17.3 Å². The average molecular weight is 317 g/mol. The van der Waals surface area contributed by atoms with Crippen molar-refractivity contribution in [3.63, 3.8) is 0 Å². The van der Waals surface area contributed by atoms with E-state index in [0.29, 0.717) is 24.8 Å². The molecule has 1 fully saturated rings. The number of benzene rings is 1. The van der Waals surface area contributed by atoms with Crippen molar-refractivity contribution in [3.8, 4) is 0 Å². The van der Waals surface area contributed by atoms with E-state index in [1.807, 2.05) is 13.1 Å². The lowest BCUT2D eigenvalue weighted by atomic mass is 10.1. The second kappa shape index (κ2) is 6.87. The number of hydrogen-bond donors (Lipinski definition) is 1. The van der Waals surface area contributed by atoms with Crippen molar-refractivity contribution < 1.29 is 9.18 Å². The number of nitrogens with one attached hydrogen (secondary N) is 1. The van der Waals surface area contributed by atoms with E-state index < -0.39 is 0 Å². The number of carbonyl (C=O) groups is 1. The fourth-order valence-electron chi connectivity index (χ4n) is 2.86. The zero-order chi connectivity index (χ0) is 16.2. The van der Waals surface area contributed by atoms with Gasteiger partial charge in [-0.2, -0.15) is 0 Å². The maximum Gasteiger partial charge on any atom is 0.276 e. The van der Waals surface area contributed by atoms with Gasteiger partial charge in [-0.05, 0) is 37.6 Å². The second-order valence-corrected chi connectivity index (χ2v) is 5.81. The number of carbonyl (C=O) groups excluding carboxylic acids is 1. The quantitative estimate of drug-likeness (QED) is 0.923. The average Bonchev–Trinajstić information content (AvgIpc) is 3.02. The Morgan fingerprint density at radius 3 is 3.13 bits per heavy atom. The van der Waals surface area contributed by atoms with Crippen molar-refractivity contribution in [2.75, 3.05) is 20.1 Å². The van der Waals surface area contributed by atoms with Gasteiger partial charge in [-0.3, -0.25) is 4.79 Å². The molecule has 1 aromatic carbocycles. The third-order valence-electron chi connectivity index (χ3n) is 4.11. The molecule has 1 amide bonds. The molecule has 0 saturated carbocycles. The minimum atomic E-state index is -0.287. The Morgan fingerprint density at radius 2 is 2.35 bits per heavy atom. The lowest BCUT2D eigenvalue weighted by Gasteiger charge is -2.31. The normalized spacial score (nSPS) is 18.2. The molecule has 0 radical (unpaired) electrons. The summed E-state index contributed by atoms with van der Waals surface area (Å²) >= 11 is 0. The van der Waals surface area contributed by atoms with E-state index in [0.717, 1.165) is 24.9 Å². The zero-order valence-electron chi connectivity index (χ0n) is 13.1. The van der Waals surface area contributed by atoms with E-state index in [9.17, 15) is 9.18 Å². The van der Waals surface area contributed by atoms with Crippen LogP contribution in [0.5, 0.6) is 0 Å². The molecule has 0 unspecified atom stereocenters. The van der Waals surface area contributed by atoms with E-state index in [2.05, 4.69) is 15.6 Å². The third kappa shape index (κ3) is 3.73. The molecule has 1 saturated heterocycles. The van der Waals surface area contributed by atoms with Crippen LogP contribution >= 0.6 is 0 Å². The molecule has 0 bridgehead atoms. The van der Waals surface area contributed by atoms with Gasteiger partial charge in [0.2, 0.25) is 0 Å². The van der Waals surface area contributed by atoms with E-state index in [1.165, 1.54) is 12.1 Å². The molecule has 1 aromatic heterocycles. The van der Waals surface area contributed by atoms with Crippen LogP contribution in [0.1, 0.15) is 28.9 Å². The lowest BCUT2D eigenvalue weighted by molar-refractivity contribution is 0.0692. The molecule has 6 nitrogen and oxygen atoms in total. The summed E-state index contributed by atoms with van der Waals surface area (Å²) in [5.74, 6) is -0.388. The highest BCUT2D eigenvalue weighted by atomic mass is 19.1. The van der Waals surface area contributed by atoms with E-state index in [4.69, 9.17) is 0 Å². The molecular weight excluding hydrogens is 297 g/mol. The van der Waals surface area contributed by atoms with Crippen molar-refractivity contribution in [1.29, 1.82) is 0 Å². The number of amides is 1. The fourth-order valence-corrected chi connectivity index (χ4v) is 2.86. The molecule has 3 rings (SSSR count). The molecule has 122 valence electrons. The molecule has 1 aliphatic heterocycles. The van der Waals surface area contributed by atoms with Gasteiger partial charge in [0.15, 0.2) is 5.69 Å². The SMILES string of the molecule is CN[C@H]1CCCN(C(=O)c2cn(Cc3cccc(F)c3)nn2)C1. The first-order chi connectivity index (χ1) is 11.2. The molecule has 23 heavy (non-hydrogen) atoms. The number of rotatable bonds is 4. The summed E-state index contributed by atoms with van der Waals surface area (Å²) < 4.78 is 14.8. The number of likely N-dealkylation sites (N-methyl/N-ethyl adjacent to an activating group) is 1. The summed E-state index contributed by atoms with van der Waals surface area (Å²) in [7, 11) is 1.91. The topological polar surface area (TPSA) is 63.1 Å². The summed E-state index contributed by atoms with van der Waals surface area (Å²) in [5, 5.41) is 11.2. The maximum absolute atomic E-state index is 13.2. The predicted octanol–water partition coefficient (Wildman–Crippen LogP) is 1.29. The Hall–Kier alpha value is -2.28. The Labute approximate surface area is 134 Å². The smallest absolute Gasteiger partial charge is 0.276 e. The first-order valence-electron chi connectivity index (χ1n) is 7.77. The number of piperidine rings is 1. The maximum atomic E-state index is 13.2. The summed E-state index contributed by atoms with van der Waals surface area (Å²) in [6.07, 6.45) is 3.68. The number of hydrogen-bond acceptors (Lipinski definition) is 4. The molecule has 2 aromatic rings. The van der Waals surface area contributed by atoms with Crippen LogP contribution in [-0.2, 0) is 6.54 Å². The summed E-state index contributed by atoms with van der Waals surface area (Å²) in [5.41, 5.74) is 1.11. The largest absolute Gasteiger partial charge is 0.336 e. The first kappa shape index (κ1) is 15.6. The monoisotopic (exact) mass is 317 g/mol. The number of likely N-dealkylation sites (tertiary alicyclic amines) is 1. The van der Waals surface area contributed by atoms with Crippen LogP contribution in [0.2, 0.25) is 0 Å². The standard InChI is InChI=1S/C16H20FN5O/c1-18-14-6-3-7-21(10-14)16(23)15-11-22(20-19-15)9-12-4-2-5-13(17)8-12/h2,4-5,8,11,14,18H,3,6-7,9-10H2,1H3/t14-/m0/s1. The van der Waals surface area contributed by atoms with Crippen LogP contribution in [0, 0.1) is 5.82 Å². The summed E-state index contributed by atoms with van der Waals surface area (Å²) in [4.78, 5) is 14.3. The van der Waals surface area contributed by atoms with E-state index >= 15 is 0 Å². The summed E-state index contributed by atoms with van der Waals surface area (Å²) in [6.45, 7) is 1.82. The highest BCUT2D eigenvalue weighted by Gasteiger charge is 2.25. The Kier molecular flexibility index (Phi) is 4.66. The van der Waals surface area contributed by atoms with Gasteiger partial charge in [0.25, 0.3) is 5.91 Å². The molecular formula is C16H20FN5O. The van der Waals surface area contributed by atoms with Gasteiger partial charge < -0.3 is 10.2 Å². The number of aromatic nitrogens is 3. The molecule has 0 spiro atoms. The van der Waals surface area contributed by atoms with Gasteiger partial charge >= 0.3 is 0 Å². The van der Waals surface area contributed by atoms with Crippen LogP contribution in [0.4, 0.5) is 4.39 Å². The minimum absolute atomic E-state index is 0.101. The zero-order valence-corrected chi connectivity index (χ0v) is 13.1. The van der Waals surface area contributed by atoms with E-state index in [-0.39, 0.29) is 11.7 Å². The van der Waals surface area contributed by atoms with Crippen LogP contribution < -0.4 is 5.32 Å².